The third-order valence-corrected chi connectivity index (χ3v) is 4.78. The van der Waals surface area contributed by atoms with Crippen molar-refractivity contribution < 1.29 is 19.5 Å². The number of piperidine rings is 1. The SMILES string of the molecule is CNC(=O)C1CCCN(C(=O)[C@H]2CC(C)C[C@H]2C(=O)O)C1. The number of nitrogens with zero attached hydrogens (tertiary/aromatic N) is 1. The van der Waals surface area contributed by atoms with Gasteiger partial charge < -0.3 is 15.3 Å². The minimum atomic E-state index is -0.877. The van der Waals surface area contributed by atoms with E-state index in [1.165, 1.54) is 0 Å². The van der Waals surface area contributed by atoms with E-state index in [0.717, 1.165) is 12.8 Å². The maximum atomic E-state index is 12.6. The molecule has 0 bridgehead atoms. The zero-order valence-corrected chi connectivity index (χ0v) is 12.7. The fraction of sp³-hybridized carbons (Fsp3) is 0.800. The maximum absolute atomic E-state index is 12.6. The zero-order valence-electron chi connectivity index (χ0n) is 12.7. The average Bonchev–Trinajstić information content (AvgIpc) is 2.88. The minimum Gasteiger partial charge on any atom is -0.481 e. The molecule has 1 aliphatic carbocycles. The third kappa shape index (κ3) is 3.36. The lowest BCUT2D eigenvalue weighted by Gasteiger charge is -2.34. The van der Waals surface area contributed by atoms with Gasteiger partial charge in [0.25, 0.3) is 0 Å². The lowest BCUT2D eigenvalue weighted by molar-refractivity contribution is -0.150. The molecular weight excluding hydrogens is 272 g/mol. The number of hydrogen-bond donors (Lipinski definition) is 2. The number of nitrogens with one attached hydrogen (secondary N) is 1. The monoisotopic (exact) mass is 296 g/mol. The standard InChI is InChI=1S/C15H24N2O4/c1-9-6-11(12(7-9)15(20)21)14(19)17-5-3-4-10(8-17)13(18)16-2/h9-12H,3-8H2,1-2H3,(H,16,18)(H,20,21)/t9?,10?,11-,12+/m0/s1. The van der Waals surface area contributed by atoms with E-state index in [0.29, 0.717) is 25.9 Å². The van der Waals surface area contributed by atoms with Crippen molar-refractivity contribution in [2.75, 3.05) is 20.1 Å². The molecule has 0 aromatic heterocycles. The molecule has 1 heterocycles. The van der Waals surface area contributed by atoms with Crippen LogP contribution < -0.4 is 5.32 Å². The molecule has 1 saturated heterocycles. The van der Waals surface area contributed by atoms with Crippen LogP contribution in [0, 0.1) is 23.7 Å². The second-order valence-corrected chi connectivity index (χ2v) is 6.37. The van der Waals surface area contributed by atoms with Crippen LogP contribution in [0.25, 0.3) is 0 Å². The number of likely N-dealkylation sites (tertiary alicyclic amines) is 1. The number of carbonyl (C=O) groups is 3. The predicted octanol–water partition coefficient (Wildman–Crippen LogP) is 0.718. The van der Waals surface area contributed by atoms with Crippen LogP contribution in [0.15, 0.2) is 0 Å². The van der Waals surface area contributed by atoms with Crippen LogP contribution in [0.5, 0.6) is 0 Å². The summed E-state index contributed by atoms with van der Waals surface area (Å²) in [5.41, 5.74) is 0. The van der Waals surface area contributed by atoms with Gasteiger partial charge in [0.05, 0.1) is 17.8 Å². The fourth-order valence-corrected chi connectivity index (χ4v) is 3.67. The van der Waals surface area contributed by atoms with Gasteiger partial charge in [0.1, 0.15) is 0 Å². The Bertz CT molecular complexity index is 437. The average molecular weight is 296 g/mol. The fourth-order valence-electron chi connectivity index (χ4n) is 3.67. The van der Waals surface area contributed by atoms with Crippen molar-refractivity contribution in [3.05, 3.63) is 0 Å². The summed E-state index contributed by atoms with van der Waals surface area (Å²) in [6, 6.07) is 0. The van der Waals surface area contributed by atoms with Gasteiger partial charge in [0.15, 0.2) is 0 Å². The quantitative estimate of drug-likeness (QED) is 0.803. The Balaban J connectivity index is 2.05. The van der Waals surface area contributed by atoms with Crippen LogP contribution in [-0.2, 0) is 14.4 Å². The topological polar surface area (TPSA) is 86.7 Å². The van der Waals surface area contributed by atoms with E-state index in [9.17, 15) is 19.5 Å². The van der Waals surface area contributed by atoms with E-state index in [2.05, 4.69) is 5.32 Å². The molecule has 1 saturated carbocycles. The van der Waals surface area contributed by atoms with Crippen LogP contribution in [0.1, 0.15) is 32.6 Å². The Morgan fingerprint density at radius 2 is 1.86 bits per heavy atom. The highest BCUT2D eigenvalue weighted by molar-refractivity contribution is 5.86. The highest BCUT2D eigenvalue weighted by Gasteiger charge is 2.43. The van der Waals surface area contributed by atoms with E-state index in [1.807, 2.05) is 6.92 Å². The van der Waals surface area contributed by atoms with Crippen molar-refractivity contribution in [2.24, 2.45) is 23.7 Å². The molecule has 0 aromatic rings. The Labute approximate surface area is 124 Å². The van der Waals surface area contributed by atoms with Gasteiger partial charge in [-0.2, -0.15) is 0 Å². The summed E-state index contributed by atoms with van der Waals surface area (Å²) < 4.78 is 0. The molecule has 118 valence electrons. The lowest BCUT2D eigenvalue weighted by Crippen LogP contribution is -2.47. The largest absolute Gasteiger partial charge is 0.481 e. The van der Waals surface area contributed by atoms with Crippen molar-refractivity contribution in [1.29, 1.82) is 0 Å². The Kier molecular flexibility index (Phi) is 4.85. The number of hydrogen-bond acceptors (Lipinski definition) is 3. The molecule has 0 aromatic carbocycles. The molecule has 1 aliphatic heterocycles. The molecule has 6 nitrogen and oxygen atoms in total. The minimum absolute atomic E-state index is 0.0397. The second kappa shape index (κ2) is 6.45. The molecule has 0 spiro atoms. The number of rotatable bonds is 3. The molecule has 2 N–H and O–H groups in total. The maximum Gasteiger partial charge on any atom is 0.307 e. The van der Waals surface area contributed by atoms with Gasteiger partial charge in [0.2, 0.25) is 11.8 Å². The van der Waals surface area contributed by atoms with Gasteiger partial charge in [-0.25, -0.2) is 0 Å². The van der Waals surface area contributed by atoms with Gasteiger partial charge in [-0.15, -0.1) is 0 Å². The highest BCUT2D eigenvalue weighted by atomic mass is 16.4. The molecule has 4 atom stereocenters. The van der Waals surface area contributed by atoms with Crippen LogP contribution in [0.2, 0.25) is 0 Å². The van der Waals surface area contributed by atoms with Crippen molar-refractivity contribution in [2.45, 2.75) is 32.6 Å². The first-order valence-corrected chi connectivity index (χ1v) is 7.67. The van der Waals surface area contributed by atoms with Crippen LogP contribution in [-0.4, -0.2) is 47.9 Å². The Morgan fingerprint density at radius 3 is 2.48 bits per heavy atom. The van der Waals surface area contributed by atoms with E-state index in [4.69, 9.17) is 0 Å². The van der Waals surface area contributed by atoms with Crippen LogP contribution >= 0.6 is 0 Å². The summed E-state index contributed by atoms with van der Waals surface area (Å²) in [5, 5.41) is 11.9. The van der Waals surface area contributed by atoms with Gasteiger partial charge in [-0.1, -0.05) is 6.92 Å². The molecule has 6 heteroatoms. The first kappa shape index (κ1) is 15.8. The Hall–Kier alpha value is -1.59. The number of aliphatic carboxylic acids is 1. The number of carbonyl (C=O) groups excluding carboxylic acids is 2. The molecule has 2 aliphatic rings. The Morgan fingerprint density at radius 1 is 1.19 bits per heavy atom. The summed E-state index contributed by atoms with van der Waals surface area (Å²) >= 11 is 0. The first-order chi connectivity index (χ1) is 9.93. The summed E-state index contributed by atoms with van der Waals surface area (Å²) in [7, 11) is 1.60. The molecule has 2 rings (SSSR count). The molecule has 21 heavy (non-hydrogen) atoms. The molecule has 0 radical (unpaired) electrons. The predicted molar refractivity (Wildman–Crippen MR) is 76.4 cm³/mol. The number of carboxylic acid groups (broad SMARTS) is 1. The molecule has 2 amide bonds. The summed E-state index contributed by atoms with van der Waals surface area (Å²) in [6.45, 7) is 3.03. The molecule has 2 unspecified atom stereocenters. The van der Waals surface area contributed by atoms with E-state index in [1.54, 1.807) is 11.9 Å². The molecular formula is C15H24N2O4. The number of carboxylic acids is 1. The second-order valence-electron chi connectivity index (χ2n) is 6.37. The van der Waals surface area contributed by atoms with E-state index in [-0.39, 0.29) is 23.7 Å². The summed E-state index contributed by atoms with van der Waals surface area (Å²) in [5.74, 6) is -1.91. The smallest absolute Gasteiger partial charge is 0.307 e. The van der Waals surface area contributed by atoms with Crippen molar-refractivity contribution in [3.63, 3.8) is 0 Å². The van der Waals surface area contributed by atoms with Crippen molar-refractivity contribution in [3.8, 4) is 0 Å². The van der Waals surface area contributed by atoms with Crippen LogP contribution in [0.3, 0.4) is 0 Å². The van der Waals surface area contributed by atoms with Gasteiger partial charge >= 0.3 is 5.97 Å². The van der Waals surface area contributed by atoms with Gasteiger partial charge in [-0.3, -0.25) is 14.4 Å². The first-order valence-electron chi connectivity index (χ1n) is 7.67. The van der Waals surface area contributed by atoms with Crippen LogP contribution in [0.4, 0.5) is 0 Å². The lowest BCUT2D eigenvalue weighted by atomic mass is 9.91. The van der Waals surface area contributed by atoms with Crippen molar-refractivity contribution >= 4 is 17.8 Å². The third-order valence-electron chi connectivity index (χ3n) is 4.78. The van der Waals surface area contributed by atoms with Gasteiger partial charge in [0, 0.05) is 20.1 Å². The van der Waals surface area contributed by atoms with Gasteiger partial charge in [-0.05, 0) is 31.6 Å². The summed E-state index contributed by atoms with van der Waals surface area (Å²) in [4.78, 5) is 37.4. The van der Waals surface area contributed by atoms with Crippen molar-refractivity contribution in [1.82, 2.24) is 10.2 Å². The van der Waals surface area contributed by atoms with E-state index < -0.39 is 17.8 Å². The summed E-state index contributed by atoms with van der Waals surface area (Å²) in [6.07, 6.45) is 2.78. The zero-order chi connectivity index (χ0) is 15.6. The molecule has 2 fully saturated rings. The normalized spacial score (nSPS) is 32.8. The highest BCUT2D eigenvalue weighted by Crippen LogP contribution is 2.38. The number of amides is 2. The van der Waals surface area contributed by atoms with E-state index >= 15 is 0 Å².